The Hall–Kier alpha value is -17.5. The minimum Gasteiger partial charge on any atom is -0.347 e. The van der Waals surface area contributed by atoms with Gasteiger partial charge in [0.25, 0.3) is 17.7 Å². The molecule has 2 unspecified atom stereocenters. The fraction of sp³-hybridized carbons (Fsp3) is 0.119. The zero-order valence-electron chi connectivity index (χ0n) is 74.4. The van der Waals surface area contributed by atoms with Crippen molar-refractivity contribution in [2.24, 2.45) is 0 Å². The Morgan fingerprint density at radius 3 is 1.55 bits per heavy atom. The molecule has 13 N–H and O–H groups in total. The Bertz CT molecular complexity index is 8220. The largest absolute Gasteiger partial charge is 0.347 e. The molecule has 698 valence electrons. The molecule has 34 nitrogen and oxygen atoms in total. The number of hydrogen-bond donors (Lipinski definition) is 13. The van der Waals surface area contributed by atoms with Gasteiger partial charge in [0, 0.05) is 94.1 Å². The van der Waals surface area contributed by atoms with Crippen molar-refractivity contribution in [3.63, 3.8) is 0 Å². The Morgan fingerprint density at radius 2 is 0.993 bits per heavy atom. The van der Waals surface area contributed by atoms with Crippen molar-refractivity contribution in [2.75, 3.05) is 46.1 Å². The Labute approximate surface area is 797 Å². The number of rotatable bonds is 20. The number of benzene rings is 12. The third kappa shape index (κ3) is 19.4. The van der Waals surface area contributed by atoms with Gasteiger partial charge in [0.15, 0.2) is 17.5 Å². The maximum atomic E-state index is 13.2. The van der Waals surface area contributed by atoms with Crippen LogP contribution in [0.4, 0.5) is 45.5 Å². The lowest BCUT2D eigenvalue weighted by Gasteiger charge is -2.31. The summed E-state index contributed by atoms with van der Waals surface area (Å²) < 4.78 is 73.9. The first-order valence-corrected chi connectivity index (χ1v) is 46.8. The molecule has 2 atom stereocenters. The lowest BCUT2D eigenvalue weighted by molar-refractivity contribution is -0.180. The first-order valence-electron chi connectivity index (χ1n) is 44.3. The quantitative estimate of drug-likeness (QED) is 0.0249. The second kappa shape index (κ2) is 39.1. The number of nitrogens with zero attached hydrogens (tertiary/aromatic N) is 14. The number of aliphatic hydroxyl groups is 1. The van der Waals surface area contributed by atoms with Gasteiger partial charge in [-0.3, -0.25) is 60.0 Å². The number of amides is 6. The first kappa shape index (κ1) is 90.3. The number of ether oxygens (including phenoxy) is 1. The number of aromatic amines is 8. The molecule has 12 heterocycles. The van der Waals surface area contributed by atoms with Crippen LogP contribution in [0.15, 0.2) is 286 Å². The van der Waals surface area contributed by atoms with Gasteiger partial charge in [-0.25, -0.2) is 55.9 Å². The van der Waals surface area contributed by atoms with Crippen LogP contribution < -0.4 is 30.5 Å². The van der Waals surface area contributed by atoms with Gasteiger partial charge in [-0.1, -0.05) is 72.8 Å². The summed E-state index contributed by atoms with van der Waals surface area (Å²) in [5.74, 6) is -0.494. The van der Waals surface area contributed by atoms with E-state index in [-0.39, 0.29) is 48.2 Å². The van der Waals surface area contributed by atoms with Gasteiger partial charge in [0.1, 0.15) is 47.7 Å². The van der Waals surface area contributed by atoms with Crippen LogP contribution in [0.5, 0.6) is 0 Å². The number of urea groups is 2. The highest BCUT2D eigenvalue weighted by molar-refractivity contribution is 7.91. The van der Waals surface area contributed by atoms with Crippen molar-refractivity contribution in [3.8, 4) is 89.8 Å². The standard InChI is InChI=1S/C22H15FN6O.C22H18N6O2S.C22H20N6S.C18H17FN4O3.C17H13FN4O2/c23-16-7-4-13(5-8-16)22(30)26-17-3-1-2-14(10-17)20-18-11-15(21-24-12-25-29-21)6-9-19(18)27-28-20;29-31(30,13-15-5-2-1-3-6-15)28-18-8-4-7-16(11-18)21-19-12-17(22-23-14-24-27-22)9-10-20(19)25-26-21;1-2-6-18-14(5-1)12-19(29-18)21-16-11-15(7-8-17(16)24-26-21)22-23-20(25-27-22)13-28-9-3-4-10-28;1-2-26-18(25)10-20-17(24)23(18)13-7-8-15-14(9-13)16(22-21-15)11-3-5-12(19)6-4-11;1-9-16(23)22(17(24)19-9)12-6-7-14-13(8-12)15(21-20-14)10-2-4-11(18)5-3-10/h1-12H,(H,26,30)(H,27,28)(H,24,25,29);1-12,14,28H,13H2,(H,25,26)(H,23,24,27);1-2,5-8,11-12H,3-4,9-10,13H2,(H,24,26)(H,23,25,27);3-9,25H,2,10H2,1H3,(H,20,24)(H,21,22);2-9H,1H3,(H,19,24)(H,20,21). The number of aromatic nitrogens is 19. The summed E-state index contributed by atoms with van der Waals surface area (Å²) >= 11 is 1.77. The van der Waals surface area contributed by atoms with Crippen LogP contribution in [0, 0.1) is 17.5 Å². The summed E-state index contributed by atoms with van der Waals surface area (Å²) in [6.45, 7) is 6.73. The maximum absolute atomic E-state index is 13.2. The van der Waals surface area contributed by atoms with Crippen LogP contribution in [0.2, 0.25) is 0 Å². The van der Waals surface area contributed by atoms with Gasteiger partial charge in [-0.2, -0.15) is 40.8 Å². The average Bonchev–Trinajstić information content (AvgIpc) is 1.55. The van der Waals surface area contributed by atoms with Gasteiger partial charge in [-0.05, 0) is 251 Å². The van der Waals surface area contributed by atoms with E-state index >= 15 is 0 Å². The van der Waals surface area contributed by atoms with Gasteiger partial charge in [0.2, 0.25) is 10.0 Å². The normalized spacial score (nSPS) is 14.8. The number of H-pyrrole nitrogens is 8. The number of likely N-dealkylation sites (tertiary alicyclic amines) is 1. The van der Waals surface area contributed by atoms with Crippen LogP contribution >= 0.6 is 11.3 Å². The lowest BCUT2D eigenvalue weighted by atomic mass is 10.0. The molecule has 3 aliphatic rings. The highest BCUT2D eigenvalue weighted by Crippen LogP contribution is 2.41. The number of fused-ring (bicyclic) bond motifs is 6. The Balaban J connectivity index is 0.000000108. The number of nitrogens with one attached hydrogen (secondary N) is 12. The molecule has 39 heteroatoms. The van der Waals surface area contributed by atoms with Crippen LogP contribution in [0.25, 0.3) is 154 Å². The molecule has 24 rings (SSSR count). The maximum Gasteiger partial charge on any atom is 0.329 e. The highest BCUT2D eigenvalue weighted by atomic mass is 32.2. The van der Waals surface area contributed by atoms with Gasteiger partial charge in [0.05, 0.1) is 85.5 Å². The van der Waals surface area contributed by atoms with Gasteiger partial charge in [-0.15, -0.1) is 11.3 Å². The summed E-state index contributed by atoms with van der Waals surface area (Å²) in [4.78, 5) is 67.8. The molecule has 0 saturated carbocycles. The van der Waals surface area contributed by atoms with Crippen molar-refractivity contribution in [2.45, 2.75) is 50.9 Å². The number of thiophene rings is 1. The molecule has 9 aromatic heterocycles. The number of carbonyl (C=O) groups excluding carboxylic acids is 4. The summed E-state index contributed by atoms with van der Waals surface area (Å²) in [5.41, 5.74) is 17.0. The van der Waals surface area contributed by atoms with E-state index in [0.29, 0.717) is 51.3 Å². The van der Waals surface area contributed by atoms with Gasteiger partial charge >= 0.3 is 12.1 Å². The van der Waals surface area contributed by atoms with E-state index in [0.717, 1.165) is 152 Å². The molecule has 12 aromatic carbocycles. The first-order chi connectivity index (χ1) is 68.1. The molecule has 21 aromatic rings. The highest BCUT2D eigenvalue weighted by Gasteiger charge is 2.46. The molecule has 0 spiro atoms. The molecule has 0 radical (unpaired) electrons. The van der Waals surface area contributed by atoms with E-state index in [2.05, 4.69) is 166 Å². The predicted molar refractivity (Wildman–Crippen MR) is 529 cm³/mol. The van der Waals surface area contributed by atoms with E-state index in [1.54, 1.807) is 122 Å². The number of imide groups is 1. The van der Waals surface area contributed by atoms with E-state index in [1.165, 1.54) is 93.9 Å². The summed E-state index contributed by atoms with van der Waals surface area (Å²) in [6, 6.07) is 78.6. The molecule has 0 bridgehead atoms. The van der Waals surface area contributed by atoms with E-state index in [4.69, 9.17) is 9.72 Å². The molecule has 3 aliphatic heterocycles. The van der Waals surface area contributed by atoms with Crippen LogP contribution in [-0.2, 0) is 31.9 Å². The minimum absolute atomic E-state index is 0.0338. The summed E-state index contributed by atoms with van der Waals surface area (Å²) in [5, 5.41) is 82.5. The number of hydrogen-bond acceptors (Lipinski definition) is 21. The van der Waals surface area contributed by atoms with Crippen LogP contribution in [0.3, 0.4) is 0 Å². The number of halogens is 3. The van der Waals surface area contributed by atoms with Crippen molar-refractivity contribution >= 4 is 133 Å². The number of anilines is 4. The molecular weight excluding hydrogens is 1830 g/mol. The summed E-state index contributed by atoms with van der Waals surface area (Å²) in [6.07, 6.45) is 5.47. The summed E-state index contributed by atoms with van der Waals surface area (Å²) in [7, 11) is -3.55. The molecule has 3 saturated heterocycles. The van der Waals surface area contributed by atoms with Crippen molar-refractivity contribution in [3.05, 3.63) is 320 Å². The van der Waals surface area contributed by atoms with E-state index in [1.807, 2.05) is 78.9 Å². The molecule has 3 fully saturated rings. The molecular formula is C101H83F3N26O8S2. The molecule has 0 aliphatic carbocycles. The number of sulfonamides is 1. The van der Waals surface area contributed by atoms with E-state index < -0.39 is 34.0 Å². The van der Waals surface area contributed by atoms with Gasteiger partial charge < -0.3 is 25.8 Å². The van der Waals surface area contributed by atoms with Crippen molar-refractivity contribution in [1.29, 1.82) is 0 Å². The Kier molecular flexibility index (Phi) is 25.2. The Morgan fingerprint density at radius 1 is 0.500 bits per heavy atom. The van der Waals surface area contributed by atoms with Crippen molar-refractivity contribution in [1.82, 2.24) is 112 Å². The lowest BCUT2D eigenvalue weighted by Crippen LogP contribution is -2.49. The predicted octanol–water partition coefficient (Wildman–Crippen LogP) is 18.6. The molecule has 140 heavy (non-hydrogen) atoms. The SMILES string of the molecule is CC1NC(=O)N(c2ccc3[nH]nc(-c4ccc(F)cc4)c3c2)C1=O.CCOC1(O)CNC(=O)N1c1ccc2[nH]nc(-c3ccc(F)cc3)c2c1.O=C(Nc1cccc(-c2n[nH]c3ccc(-c4ncn[nH]4)cc23)c1)c1ccc(F)cc1.O=S(=O)(Cc1ccccc1)Nc1cccc(-c2n[nH]c3ccc(-c4ncn[nH]4)cc23)c1.c1ccc2sc(-c3n[nH]c4ccc(-c5n[nH]c(CN6CCCC6)n5)cc34)cc2c1. The molecule has 6 amide bonds. The number of carbonyl (C=O) groups is 4. The minimum atomic E-state index is -3.55. The second-order valence-corrected chi connectivity index (χ2v) is 35.8. The monoisotopic (exact) mass is 1910 g/mol. The fourth-order valence-electron chi connectivity index (χ4n) is 16.8. The van der Waals surface area contributed by atoms with Crippen LogP contribution in [-0.4, -0.2) is 177 Å². The second-order valence-electron chi connectivity index (χ2n) is 33.0. The third-order valence-electron chi connectivity index (χ3n) is 23.6. The average molecular weight is 1910 g/mol. The fourth-order valence-corrected chi connectivity index (χ4v) is 19.0. The topological polar surface area (TPSA) is 458 Å². The van der Waals surface area contributed by atoms with E-state index in [9.17, 15) is 45.9 Å². The van der Waals surface area contributed by atoms with Crippen molar-refractivity contribution < 1.29 is 50.6 Å². The zero-order chi connectivity index (χ0) is 96.1. The number of β-amino-alcohol motifs (C(OH)–C–C–N with tert-alkyl or cyclic N) is 1. The smallest absolute Gasteiger partial charge is 0.329 e. The third-order valence-corrected chi connectivity index (χ3v) is 26.0. The zero-order valence-corrected chi connectivity index (χ0v) is 76.0. The van der Waals surface area contributed by atoms with Crippen LogP contribution in [0.1, 0.15) is 48.4 Å².